The Kier molecular flexibility index (Phi) is 4.38. The summed E-state index contributed by atoms with van der Waals surface area (Å²) in [5, 5.41) is 0. The number of pyridine rings is 1. The summed E-state index contributed by atoms with van der Waals surface area (Å²) >= 11 is 0. The van der Waals surface area contributed by atoms with Crippen molar-refractivity contribution in [3.8, 4) is 0 Å². The standard InChI is InChI=1S/C12H19N3O3S/c1-15-6-3-10(4-7-15)8-14-19(17,18)12-9-13-5-2-11(12)16/h2,5,9-10,14H,3-4,6-8H2,1H3,(H,13,16). The molecule has 0 bridgehead atoms. The van der Waals surface area contributed by atoms with E-state index in [-0.39, 0.29) is 4.90 Å². The Hall–Kier alpha value is -1.18. The second-order valence-corrected chi connectivity index (χ2v) is 6.71. The van der Waals surface area contributed by atoms with Crippen molar-refractivity contribution >= 4 is 10.0 Å². The average Bonchev–Trinajstić information content (AvgIpc) is 2.38. The molecule has 1 aromatic heterocycles. The van der Waals surface area contributed by atoms with Gasteiger partial charge >= 0.3 is 0 Å². The molecule has 1 aliphatic heterocycles. The Morgan fingerprint density at radius 1 is 1.42 bits per heavy atom. The first-order valence-corrected chi connectivity index (χ1v) is 7.82. The van der Waals surface area contributed by atoms with E-state index in [9.17, 15) is 13.2 Å². The summed E-state index contributed by atoms with van der Waals surface area (Å²) in [7, 11) is -1.65. The highest BCUT2D eigenvalue weighted by Gasteiger charge is 2.21. The van der Waals surface area contributed by atoms with E-state index in [1.807, 2.05) is 0 Å². The minimum Gasteiger partial charge on any atom is -0.366 e. The fraction of sp³-hybridized carbons (Fsp3) is 0.583. The fourth-order valence-electron chi connectivity index (χ4n) is 2.18. The third-order valence-corrected chi connectivity index (χ3v) is 4.92. The molecule has 1 aromatic rings. The van der Waals surface area contributed by atoms with Crippen molar-refractivity contribution in [1.29, 1.82) is 0 Å². The Balaban J connectivity index is 1.99. The summed E-state index contributed by atoms with van der Waals surface area (Å²) in [4.78, 5) is 16.1. The summed E-state index contributed by atoms with van der Waals surface area (Å²) < 4.78 is 26.6. The van der Waals surface area contributed by atoms with Crippen LogP contribution in [0.15, 0.2) is 28.2 Å². The molecule has 0 radical (unpaired) electrons. The van der Waals surface area contributed by atoms with Crippen LogP contribution in [0.25, 0.3) is 0 Å². The van der Waals surface area contributed by atoms with E-state index in [0.717, 1.165) is 25.9 Å². The average molecular weight is 285 g/mol. The largest absolute Gasteiger partial charge is 0.366 e. The topological polar surface area (TPSA) is 82.3 Å². The van der Waals surface area contributed by atoms with Crippen LogP contribution in [0.3, 0.4) is 0 Å². The van der Waals surface area contributed by atoms with Gasteiger partial charge in [0.25, 0.3) is 0 Å². The number of H-pyrrole nitrogens is 1. The van der Waals surface area contributed by atoms with Crippen LogP contribution in [-0.2, 0) is 10.0 Å². The highest BCUT2D eigenvalue weighted by molar-refractivity contribution is 7.89. The number of likely N-dealkylation sites (tertiary alicyclic amines) is 1. The molecule has 0 atom stereocenters. The van der Waals surface area contributed by atoms with Gasteiger partial charge in [-0.3, -0.25) is 4.79 Å². The molecule has 106 valence electrons. The molecule has 0 amide bonds. The normalized spacial score (nSPS) is 18.6. The Bertz CT molecular complexity index is 574. The van der Waals surface area contributed by atoms with Crippen LogP contribution in [0.5, 0.6) is 0 Å². The van der Waals surface area contributed by atoms with E-state index in [2.05, 4.69) is 21.7 Å². The molecule has 0 unspecified atom stereocenters. The molecule has 2 N–H and O–H groups in total. The third-order valence-electron chi connectivity index (χ3n) is 3.48. The second-order valence-electron chi connectivity index (χ2n) is 4.97. The SMILES string of the molecule is CN1CCC(CNS(=O)(=O)c2c[nH]ccc2=O)CC1. The lowest BCUT2D eigenvalue weighted by Gasteiger charge is -2.28. The van der Waals surface area contributed by atoms with Gasteiger partial charge in [-0.2, -0.15) is 0 Å². The lowest BCUT2D eigenvalue weighted by atomic mass is 9.98. The van der Waals surface area contributed by atoms with Crippen molar-refractivity contribution in [3.05, 3.63) is 28.7 Å². The van der Waals surface area contributed by atoms with Crippen LogP contribution in [0.1, 0.15) is 12.8 Å². The molecule has 0 aliphatic carbocycles. The number of rotatable bonds is 4. The van der Waals surface area contributed by atoms with Crippen molar-refractivity contribution < 1.29 is 8.42 Å². The summed E-state index contributed by atoms with van der Waals surface area (Å²) in [6.45, 7) is 2.36. The first kappa shape index (κ1) is 14.2. The zero-order valence-electron chi connectivity index (χ0n) is 10.9. The van der Waals surface area contributed by atoms with E-state index >= 15 is 0 Å². The zero-order chi connectivity index (χ0) is 13.9. The first-order valence-electron chi connectivity index (χ1n) is 6.34. The molecule has 19 heavy (non-hydrogen) atoms. The van der Waals surface area contributed by atoms with E-state index in [1.54, 1.807) is 0 Å². The van der Waals surface area contributed by atoms with Crippen LogP contribution in [0.4, 0.5) is 0 Å². The molecule has 2 heterocycles. The zero-order valence-corrected chi connectivity index (χ0v) is 11.7. The Morgan fingerprint density at radius 2 is 2.11 bits per heavy atom. The molecule has 1 aliphatic rings. The lowest BCUT2D eigenvalue weighted by molar-refractivity contribution is 0.220. The van der Waals surface area contributed by atoms with Crippen molar-refractivity contribution in [3.63, 3.8) is 0 Å². The van der Waals surface area contributed by atoms with E-state index in [4.69, 9.17) is 0 Å². The predicted molar refractivity (Wildman–Crippen MR) is 72.5 cm³/mol. The number of aromatic nitrogens is 1. The Labute approximate surface area is 112 Å². The molecular weight excluding hydrogens is 266 g/mol. The summed E-state index contributed by atoms with van der Waals surface area (Å²) in [5.74, 6) is 0.341. The molecule has 0 saturated carbocycles. The van der Waals surface area contributed by atoms with E-state index < -0.39 is 15.5 Å². The molecular formula is C12H19N3O3S. The molecule has 0 spiro atoms. The molecule has 0 aromatic carbocycles. The van der Waals surface area contributed by atoms with Gasteiger partial charge < -0.3 is 9.88 Å². The van der Waals surface area contributed by atoms with Gasteiger partial charge in [-0.05, 0) is 38.9 Å². The number of piperidine rings is 1. The van der Waals surface area contributed by atoms with Gasteiger partial charge in [0.2, 0.25) is 15.5 Å². The van der Waals surface area contributed by atoms with Gasteiger partial charge in [0, 0.05) is 25.0 Å². The maximum absolute atomic E-state index is 12.0. The van der Waals surface area contributed by atoms with Crippen LogP contribution in [-0.4, -0.2) is 45.0 Å². The van der Waals surface area contributed by atoms with Crippen LogP contribution in [0, 0.1) is 5.92 Å². The summed E-state index contributed by atoms with van der Waals surface area (Å²) in [5.41, 5.74) is -0.491. The number of hydrogen-bond donors (Lipinski definition) is 2. The first-order chi connectivity index (χ1) is 8.99. The highest BCUT2D eigenvalue weighted by atomic mass is 32.2. The summed E-state index contributed by atoms with van der Waals surface area (Å²) in [6, 6.07) is 1.21. The van der Waals surface area contributed by atoms with Gasteiger partial charge in [-0.1, -0.05) is 0 Å². The van der Waals surface area contributed by atoms with Crippen molar-refractivity contribution in [2.45, 2.75) is 17.7 Å². The lowest BCUT2D eigenvalue weighted by Crippen LogP contribution is -2.37. The number of aromatic amines is 1. The maximum Gasteiger partial charge on any atom is 0.245 e. The molecule has 7 heteroatoms. The molecule has 1 saturated heterocycles. The maximum atomic E-state index is 12.0. The van der Waals surface area contributed by atoms with E-state index in [1.165, 1.54) is 18.5 Å². The number of nitrogens with one attached hydrogen (secondary N) is 2. The Morgan fingerprint density at radius 3 is 2.74 bits per heavy atom. The van der Waals surface area contributed by atoms with Gasteiger partial charge in [0.05, 0.1) is 0 Å². The molecule has 2 rings (SSSR count). The van der Waals surface area contributed by atoms with Crippen molar-refractivity contribution in [2.24, 2.45) is 5.92 Å². The second kappa shape index (κ2) is 5.85. The van der Waals surface area contributed by atoms with Crippen LogP contribution in [0.2, 0.25) is 0 Å². The van der Waals surface area contributed by atoms with Gasteiger partial charge in [0.1, 0.15) is 4.90 Å². The molecule has 6 nitrogen and oxygen atoms in total. The third kappa shape index (κ3) is 3.65. The number of hydrogen-bond acceptors (Lipinski definition) is 4. The minimum absolute atomic E-state index is 0.220. The highest BCUT2D eigenvalue weighted by Crippen LogP contribution is 2.15. The van der Waals surface area contributed by atoms with Gasteiger partial charge in [0.15, 0.2) is 0 Å². The fourth-order valence-corrected chi connectivity index (χ4v) is 3.35. The van der Waals surface area contributed by atoms with Crippen LogP contribution < -0.4 is 10.2 Å². The van der Waals surface area contributed by atoms with Crippen LogP contribution >= 0.6 is 0 Å². The van der Waals surface area contributed by atoms with Crippen molar-refractivity contribution in [1.82, 2.24) is 14.6 Å². The quantitative estimate of drug-likeness (QED) is 0.815. The van der Waals surface area contributed by atoms with Gasteiger partial charge in [-0.15, -0.1) is 0 Å². The number of nitrogens with zero attached hydrogens (tertiary/aromatic N) is 1. The smallest absolute Gasteiger partial charge is 0.245 e. The minimum atomic E-state index is -3.71. The van der Waals surface area contributed by atoms with Crippen molar-refractivity contribution in [2.75, 3.05) is 26.7 Å². The number of sulfonamides is 1. The van der Waals surface area contributed by atoms with Gasteiger partial charge in [-0.25, -0.2) is 13.1 Å². The van der Waals surface area contributed by atoms with E-state index in [0.29, 0.717) is 12.5 Å². The predicted octanol–water partition coefficient (Wildman–Crippen LogP) is -0.00500. The molecule has 1 fully saturated rings. The monoisotopic (exact) mass is 285 g/mol. The summed E-state index contributed by atoms with van der Waals surface area (Å²) in [6.07, 6.45) is 4.59.